The van der Waals surface area contributed by atoms with Gasteiger partial charge in [-0.3, -0.25) is 14.3 Å². The highest BCUT2D eigenvalue weighted by molar-refractivity contribution is 5.95. The van der Waals surface area contributed by atoms with Gasteiger partial charge in [-0.2, -0.15) is 5.10 Å². The molecule has 0 bridgehead atoms. The predicted molar refractivity (Wildman–Crippen MR) is 45.8 cm³/mol. The molecule has 0 atom stereocenters. The van der Waals surface area contributed by atoms with Crippen LogP contribution in [0.2, 0.25) is 0 Å². The quantitative estimate of drug-likeness (QED) is 0.635. The summed E-state index contributed by atoms with van der Waals surface area (Å²) in [7, 11) is 0. The van der Waals surface area contributed by atoms with E-state index >= 15 is 0 Å². The molecule has 1 rings (SSSR count). The summed E-state index contributed by atoms with van der Waals surface area (Å²) in [6.45, 7) is 1.51. The number of primary amides is 1. The molecule has 0 aromatic carbocycles. The molecule has 1 amide bonds. The second kappa shape index (κ2) is 3.26. The summed E-state index contributed by atoms with van der Waals surface area (Å²) in [5.41, 5.74) is 10.6. The monoisotopic (exact) mass is 182 g/mol. The summed E-state index contributed by atoms with van der Waals surface area (Å²) in [5, 5.41) is 3.75. The maximum absolute atomic E-state index is 10.7. The van der Waals surface area contributed by atoms with Crippen LogP contribution in [0.1, 0.15) is 17.4 Å². The van der Waals surface area contributed by atoms with Gasteiger partial charge in [0.05, 0.1) is 12.2 Å². The van der Waals surface area contributed by atoms with Crippen molar-refractivity contribution in [1.82, 2.24) is 9.78 Å². The van der Waals surface area contributed by atoms with Gasteiger partial charge in [-0.1, -0.05) is 0 Å². The minimum absolute atomic E-state index is 0.00116. The highest BCUT2D eigenvalue weighted by Crippen LogP contribution is 2.07. The fourth-order valence-electron chi connectivity index (χ4n) is 0.937. The van der Waals surface area contributed by atoms with Crippen LogP contribution in [0.25, 0.3) is 0 Å². The van der Waals surface area contributed by atoms with E-state index in [4.69, 9.17) is 11.5 Å². The Balaban J connectivity index is 2.95. The first-order valence-electron chi connectivity index (χ1n) is 3.63. The summed E-state index contributed by atoms with van der Waals surface area (Å²) < 4.78 is 1.29. The number of ketones is 1. The van der Waals surface area contributed by atoms with Crippen molar-refractivity contribution in [2.24, 2.45) is 5.73 Å². The van der Waals surface area contributed by atoms with E-state index in [2.05, 4.69) is 5.10 Å². The molecule has 0 saturated carbocycles. The van der Waals surface area contributed by atoms with Crippen LogP contribution in [-0.4, -0.2) is 21.5 Å². The minimum Gasteiger partial charge on any atom is -0.396 e. The molecule has 0 fully saturated rings. The van der Waals surface area contributed by atoms with Gasteiger partial charge in [0, 0.05) is 6.20 Å². The summed E-state index contributed by atoms with van der Waals surface area (Å²) in [6, 6.07) is 0. The van der Waals surface area contributed by atoms with Crippen molar-refractivity contribution >= 4 is 17.4 Å². The molecule has 6 nitrogen and oxygen atoms in total. The third kappa shape index (κ3) is 2.05. The van der Waals surface area contributed by atoms with Crippen molar-refractivity contribution < 1.29 is 9.59 Å². The summed E-state index contributed by atoms with van der Waals surface area (Å²) in [6.07, 6.45) is 1.40. The SMILES string of the molecule is CC(=O)Cn1cc(N)c(C(N)=O)n1. The van der Waals surface area contributed by atoms with Crippen LogP contribution >= 0.6 is 0 Å². The molecule has 70 valence electrons. The largest absolute Gasteiger partial charge is 0.396 e. The van der Waals surface area contributed by atoms with Crippen molar-refractivity contribution in [1.29, 1.82) is 0 Å². The number of rotatable bonds is 3. The van der Waals surface area contributed by atoms with Crippen LogP contribution in [0.4, 0.5) is 5.69 Å². The number of nitrogen functional groups attached to an aromatic ring is 1. The normalized spacial score (nSPS) is 9.92. The number of Topliss-reactive ketones (excluding diaryl/α,β-unsaturated/α-hetero) is 1. The molecule has 0 aliphatic carbocycles. The average molecular weight is 182 g/mol. The standard InChI is InChI=1S/C7H10N4O2/c1-4(12)2-11-3-5(8)6(10-11)7(9)13/h3H,2,8H2,1H3,(H2,9,13). The Kier molecular flexibility index (Phi) is 2.32. The summed E-state index contributed by atoms with van der Waals surface area (Å²) in [4.78, 5) is 21.4. The van der Waals surface area contributed by atoms with Crippen LogP contribution in [0.5, 0.6) is 0 Å². The number of nitrogens with two attached hydrogens (primary N) is 2. The Hall–Kier alpha value is -1.85. The Morgan fingerprint density at radius 3 is 2.62 bits per heavy atom. The molecule has 6 heteroatoms. The lowest BCUT2D eigenvalue weighted by Crippen LogP contribution is -2.14. The van der Waals surface area contributed by atoms with Gasteiger partial charge in [0.1, 0.15) is 0 Å². The smallest absolute Gasteiger partial charge is 0.271 e. The Bertz CT molecular complexity index is 355. The van der Waals surface area contributed by atoms with E-state index in [0.717, 1.165) is 0 Å². The van der Waals surface area contributed by atoms with Gasteiger partial charge >= 0.3 is 0 Å². The number of hydrogen-bond donors (Lipinski definition) is 2. The molecule has 1 aromatic rings. The number of aromatic nitrogens is 2. The Morgan fingerprint density at radius 1 is 1.62 bits per heavy atom. The molecule has 0 aliphatic rings. The zero-order valence-electron chi connectivity index (χ0n) is 7.15. The number of nitrogens with zero attached hydrogens (tertiary/aromatic N) is 2. The molecular weight excluding hydrogens is 172 g/mol. The van der Waals surface area contributed by atoms with Crippen LogP contribution in [0, 0.1) is 0 Å². The summed E-state index contributed by atoms with van der Waals surface area (Å²) >= 11 is 0. The van der Waals surface area contributed by atoms with E-state index in [1.54, 1.807) is 0 Å². The molecule has 0 radical (unpaired) electrons. The zero-order chi connectivity index (χ0) is 10.0. The molecule has 0 spiro atoms. The van der Waals surface area contributed by atoms with E-state index in [0.29, 0.717) is 0 Å². The highest BCUT2D eigenvalue weighted by Gasteiger charge is 2.11. The number of carbonyl (C=O) groups excluding carboxylic acids is 2. The van der Waals surface area contributed by atoms with Crippen LogP contribution in [-0.2, 0) is 11.3 Å². The van der Waals surface area contributed by atoms with E-state index in [1.807, 2.05) is 0 Å². The first-order chi connectivity index (χ1) is 6.00. The second-order valence-electron chi connectivity index (χ2n) is 2.70. The molecule has 0 saturated heterocycles. The third-order valence-electron chi connectivity index (χ3n) is 1.41. The molecule has 4 N–H and O–H groups in total. The van der Waals surface area contributed by atoms with Gasteiger partial charge in [0.2, 0.25) is 0 Å². The summed E-state index contributed by atoms with van der Waals surface area (Å²) in [5.74, 6) is -0.765. The van der Waals surface area contributed by atoms with Gasteiger partial charge in [-0.05, 0) is 6.92 Å². The van der Waals surface area contributed by atoms with Crippen molar-refractivity contribution in [3.8, 4) is 0 Å². The lowest BCUT2D eigenvalue weighted by atomic mass is 10.4. The van der Waals surface area contributed by atoms with Gasteiger partial charge < -0.3 is 11.5 Å². The molecular formula is C7H10N4O2. The van der Waals surface area contributed by atoms with E-state index in [-0.39, 0.29) is 23.7 Å². The molecule has 1 aromatic heterocycles. The number of anilines is 1. The highest BCUT2D eigenvalue weighted by atomic mass is 16.1. The molecule has 0 aliphatic heterocycles. The van der Waals surface area contributed by atoms with Crippen molar-refractivity contribution in [3.63, 3.8) is 0 Å². The zero-order valence-corrected chi connectivity index (χ0v) is 7.15. The topological polar surface area (TPSA) is 104 Å². The average Bonchev–Trinajstić information content (AvgIpc) is 2.29. The second-order valence-corrected chi connectivity index (χ2v) is 2.70. The van der Waals surface area contributed by atoms with Crippen LogP contribution in [0.3, 0.4) is 0 Å². The third-order valence-corrected chi connectivity index (χ3v) is 1.41. The van der Waals surface area contributed by atoms with Crippen molar-refractivity contribution in [2.75, 3.05) is 5.73 Å². The fraction of sp³-hybridized carbons (Fsp3) is 0.286. The lowest BCUT2D eigenvalue weighted by molar-refractivity contribution is -0.117. The molecule has 13 heavy (non-hydrogen) atoms. The maximum atomic E-state index is 10.7. The van der Waals surface area contributed by atoms with E-state index in [1.165, 1.54) is 17.8 Å². The van der Waals surface area contributed by atoms with E-state index in [9.17, 15) is 9.59 Å². The van der Waals surface area contributed by atoms with Gasteiger partial charge in [-0.15, -0.1) is 0 Å². The minimum atomic E-state index is -0.695. The van der Waals surface area contributed by atoms with E-state index < -0.39 is 5.91 Å². The Morgan fingerprint density at radius 2 is 2.23 bits per heavy atom. The fourth-order valence-corrected chi connectivity index (χ4v) is 0.937. The maximum Gasteiger partial charge on any atom is 0.271 e. The van der Waals surface area contributed by atoms with Crippen molar-refractivity contribution in [2.45, 2.75) is 13.5 Å². The lowest BCUT2D eigenvalue weighted by Gasteiger charge is -1.93. The van der Waals surface area contributed by atoms with Crippen molar-refractivity contribution in [3.05, 3.63) is 11.9 Å². The van der Waals surface area contributed by atoms with Gasteiger partial charge in [-0.25, -0.2) is 0 Å². The van der Waals surface area contributed by atoms with Gasteiger partial charge in [0.15, 0.2) is 11.5 Å². The van der Waals surface area contributed by atoms with Crippen LogP contribution < -0.4 is 11.5 Å². The molecule has 0 unspecified atom stereocenters. The number of carbonyl (C=O) groups is 2. The Labute approximate surface area is 74.5 Å². The first kappa shape index (κ1) is 9.24. The first-order valence-corrected chi connectivity index (χ1v) is 3.63. The molecule has 1 heterocycles. The predicted octanol–water partition coefficient (Wildman–Crippen LogP) is -0.847. The number of hydrogen-bond acceptors (Lipinski definition) is 4. The number of amides is 1. The van der Waals surface area contributed by atoms with Crippen LogP contribution in [0.15, 0.2) is 6.20 Å². The van der Waals surface area contributed by atoms with Gasteiger partial charge in [0.25, 0.3) is 5.91 Å².